The fourth-order valence-electron chi connectivity index (χ4n) is 4.69. The summed E-state index contributed by atoms with van der Waals surface area (Å²) < 4.78 is 22.5. The number of alkyl halides is 1. The minimum Gasteiger partial charge on any atom is -0.379 e. The number of rotatable bonds is 4. The summed E-state index contributed by atoms with van der Waals surface area (Å²) >= 11 is 12.8. The Hall–Kier alpha value is -2.00. The van der Waals surface area contributed by atoms with Crippen molar-refractivity contribution in [1.82, 2.24) is 24.6 Å². The number of fused-ring (bicyclic) bond motifs is 1. The van der Waals surface area contributed by atoms with Crippen LogP contribution in [0.3, 0.4) is 0 Å². The van der Waals surface area contributed by atoms with Crippen LogP contribution < -0.4 is 5.32 Å². The number of aromatic nitrogens is 4. The lowest BCUT2D eigenvalue weighted by molar-refractivity contribution is 0.0228. The Morgan fingerprint density at radius 1 is 1.28 bits per heavy atom. The van der Waals surface area contributed by atoms with E-state index in [4.69, 9.17) is 27.9 Å². The SMILES string of the molecule is Cn1ncc(Nc2ncc3cc(Cl)c(C4CCN(C5(C)CCOC5)CC4F)cc3n2)c1Cl. The number of aryl methyl sites for hydroxylation is 1. The molecule has 1 aromatic carbocycles. The normalized spacial score (nSPS) is 26.7. The number of anilines is 2. The van der Waals surface area contributed by atoms with Crippen molar-refractivity contribution in [3.63, 3.8) is 0 Å². The molecular weight excluding hydrogens is 454 g/mol. The molecule has 3 atom stereocenters. The molecule has 0 aliphatic carbocycles. The van der Waals surface area contributed by atoms with Gasteiger partial charge in [-0.1, -0.05) is 23.2 Å². The minimum absolute atomic E-state index is 0.0795. The average Bonchev–Trinajstić information content (AvgIpc) is 3.35. The second-order valence-electron chi connectivity index (χ2n) is 8.88. The van der Waals surface area contributed by atoms with Gasteiger partial charge >= 0.3 is 0 Å². The quantitative estimate of drug-likeness (QED) is 0.584. The second-order valence-corrected chi connectivity index (χ2v) is 9.65. The highest BCUT2D eigenvalue weighted by Gasteiger charge is 2.41. The van der Waals surface area contributed by atoms with Gasteiger partial charge < -0.3 is 10.1 Å². The van der Waals surface area contributed by atoms with Gasteiger partial charge in [-0.3, -0.25) is 9.58 Å². The van der Waals surface area contributed by atoms with Crippen LogP contribution in [0.25, 0.3) is 10.9 Å². The van der Waals surface area contributed by atoms with Crippen molar-refractivity contribution in [1.29, 1.82) is 0 Å². The zero-order chi connectivity index (χ0) is 22.5. The maximum atomic E-state index is 15.4. The molecule has 2 saturated heterocycles. The van der Waals surface area contributed by atoms with Gasteiger partial charge in [-0.05, 0) is 44.0 Å². The number of nitrogens with zero attached hydrogens (tertiary/aromatic N) is 5. The standard InChI is InChI=1S/C22H25Cl2FN6O/c1-22(4-6-32-12-22)31-5-3-14(17(25)11-31)15-8-18-13(7-16(15)23)9-26-21(28-18)29-19-10-27-30(2)20(19)24/h7-10,14,17H,3-6,11-12H2,1-2H3,(H,26,28,29). The molecule has 3 unspecified atom stereocenters. The number of ether oxygens (including phenoxy) is 1. The Bertz CT molecular complexity index is 1150. The van der Waals surface area contributed by atoms with Crippen LogP contribution in [0.2, 0.25) is 10.2 Å². The van der Waals surface area contributed by atoms with Crippen molar-refractivity contribution < 1.29 is 9.13 Å². The summed E-state index contributed by atoms with van der Waals surface area (Å²) in [7, 11) is 1.75. The van der Waals surface area contributed by atoms with Crippen molar-refractivity contribution in [2.75, 3.05) is 31.6 Å². The van der Waals surface area contributed by atoms with Crippen molar-refractivity contribution in [2.45, 2.75) is 37.4 Å². The highest BCUT2D eigenvalue weighted by Crippen LogP contribution is 2.39. The number of likely N-dealkylation sites (tertiary alicyclic amines) is 1. The molecule has 170 valence electrons. The van der Waals surface area contributed by atoms with Gasteiger partial charge in [0.2, 0.25) is 5.95 Å². The van der Waals surface area contributed by atoms with E-state index in [1.807, 2.05) is 12.1 Å². The third-order valence-corrected chi connectivity index (χ3v) is 7.49. The molecule has 0 radical (unpaired) electrons. The number of hydrogen-bond acceptors (Lipinski definition) is 6. The molecule has 5 rings (SSSR count). The maximum absolute atomic E-state index is 15.4. The van der Waals surface area contributed by atoms with Crippen LogP contribution >= 0.6 is 23.2 Å². The first-order chi connectivity index (χ1) is 15.3. The Morgan fingerprint density at radius 2 is 2.12 bits per heavy atom. The van der Waals surface area contributed by atoms with Gasteiger partial charge in [-0.2, -0.15) is 5.10 Å². The fourth-order valence-corrected chi connectivity index (χ4v) is 5.14. The molecule has 0 bridgehead atoms. The van der Waals surface area contributed by atoms with Crippen LogP contribution in [0.4, 0.5) is 16.0 Å². The molecule has 2 aromatic heterocycles. The lowest BCUT2D eigenvalue weighted by Crippen LogP contribution is -2.53. The van der Waals surface area contributed by atoms with Crippen LogP contribution in [0, 0.1) is 0 Å². The summed E-state index contributed by atoms with van der Waals surface area (Å²) in [5, 5.41) is 8.99. The van der Waals surface area contributed by atoms with Crippen LogP contribution in [0.15, 0.2) is 24.5 Å². The van der Waals surface area contributed by atoms with Crippen molar-refractivity contribution in [3.8, 4) is 0 Å². The van der Waals surface area contributed by atoms with Gasteiger partial charge in [-0.25, -0.2) is 14.4 Å². The number of halogens is 3. The largest absolute Gasteiger partial charge is 0.379 e. The highest BCUT2D eigenvalue weighted by molar-refractivity contribution is 6.32. The number of benzene rings is 1. The van der Waals surface area contributed by atoms with Crippen LogP contribution in [-0.2, 0) is 11.8 Å². The van der Waals surface area contributed by atoms with E-state index in [-0.39, 0.29) is 11.5 Å². The van der Waals surface area contributed by atoms with E-state index in [9.17, 15) is 0 Å². The molecule has 0 amide bonds. The molecule has 10 heteroatoms. The molecule has 0 saturated carbocycles. The Morgan fingerprint density at radius 3 is 2.81 bits per heavy atom. The van der Waals surface area contributed by atoms with Gasteiger partial charge in [-0.15, -0.1) is 0 Å². The number of nitrogens with one attached hydrogen (secondary N) is 1. The summed E-state index contributed by atoms with van der Waals surface area (Å²) in [6, 6.07) is 3.71. The lowest BCUT2D eigenvalue weighted by atomic mass is 9.85. The Balaban J connectivity index is 1.40. The fraction of sp³-hybridized carbons (Fsp3) is 0.500. The topological polar surface area (TPSA) is 68.1 Å². The van der Waals surface area contributed by atoms with Crippen molar-refractivity contribution in [3.05, 3.63) is 40.3 Å². The maximum Gasteiger partial charge on any atom is 0.227 e. The average molecular weight is 479 g/mol. The van der Waals surface area contributed by atoms with Gasteiger partial charge in [0.15, 0.2) is 0 Å². The van der Waals surface area contributed by atoms with Crippen molar-refractivity contribution >= 4 is 45.7 Å². The number of hydrogen-bond donors (Lipinski definition) is 1. The molecule has 2 fully saturated rings. The van der Waals surface area contributed by atoms with Gasteiger partial charge in [0.1, 0.15) is 11.3 Å². The Kier molecular flexibility index (Phi) is 5.73. The molecule has 2 aliphatic heterocycles. The first-order valence-corrected chi connectivity index (χ1v) is 11.5. The smallest absolute Gasteiger partial charge is 0.227 e. The number of piperidine rings is 1. The van der Waals surface area contributed by atoms with E-state index >= 15 is 4.39 Å². The van der Waals surface area contributed by atoms with E-state index in [1.54, 1.807) is 24.1 Å². The predicted octanol–water partition coefficient (Wildman–Crippen LogP) is 4.72. The van der Waals surface area contributed by atoms with Crippen LogP contribution in [-0.4, -0.2) is 62.7 Å². The molecule has 0 spiro atoms. The predicted molar refractivity (Wildman–Crippen MR) is 124 cm³/mol. The molecule has 2 aliphatic rings. The van der Waals surface area contributed by atoms with Gasteiger partial charge in [0.05, 0.1) is 24.0 Å². The van der Waals surface area contributed by atoms with E-state index in [1.165, 1.54) is 0 Å². The summed E-state index contributed by atoms with van der Waals surface area (Å²) in [5.41, 5.74) is 2.03. The summed E-state index contributed by atoms with van der Waals surface area (Å²) in [6.07, 6.45) is 3.93. The van der Waals surface area contributed by atoms with E-state index in [2.05, 4.69) is 32.2 Å². The molecule has 1 N–H and O–H groups in total. The van der Waals surface area contributed by atoms with E-state index in [0.29, 0.717) is 46.9 Å². The molecule has 7 nitrogen and oxygen atoms in total. The molecule has 3 aromatic rings. The second kappa shape index (κ2) is 8.41. The first kappa shape index (κ1) is 21.8. The zero-order valence-electron chi connectivity index (χ0n) is 18.0. The van der Waals surface area contributed by atoms with E-state index in [0.717, 1.165) is 30.5 Å². The third kappa shape index (κ3) is 3.94. The van der Waals surface area contributed by atoms with Crippen LogP contribution in [0.5, 0.6) is 0 Å². The van der Waals surface area contributed by atoms with Gasteiger partial charge in [0, 0.05) is 48.3 Å². The van der Waals surface area contributed by atoms with Gasteiger partial charge in [0.25, 0.3) is 0 Å². The highest BCUT2D eigenvalue weighted by atomic mass is 35.5. The van der Waals surface area contributed by atoms with E-state index < -0.39 is 6.17 Å². The van der Waals surface area contributed by atoms with Crippen molar-refractivity contribution in [2.24, 2.45) is 7.05 Å². The molecule has 32 heavy (non-hydrogen) atoms. The molecule has 4 heterocycles. The summed E-state index contributed by atoms with van der Waals surface area (Å²) in [4.78, 5) is 11.2. The minimum atomic E-state index is -1.01. The first-order valence-electron chi connectivity index (χ1n) is 10.7. The van der Waals surface area contributed by atoms with Crippen LogP contribution in [0.1, 0.15) is 31.2 Å². The Labute approximate surface area is 195 Å². The summed E-state index contributed by atoms with van der Waals surface area (Å²) in [5.74, 6) is 0.120. The third-order valence-electron chi connectivity index (χ3n) is 6.71. The lowest BCUT2D eigenvalue weighted by Gasteiger charge is -2.43. The monoisotopic (exact) mass is 478 g/mol. The summed E-state index contributed by atoms with van der Waals surface area (Å²) in [6.45, 7) is 4.76. The zero-order valence-corrected chi connectivity index (χ0v) is 19.5. The molecular formula is C22H25Cl2FN6O.